The smallest absolute Gasteiger partial charge is 0.199 e. The number of aromatic hydroxyl groups is 1. The molecule has 2 aromatic carbocycles. The fraction of sp³-hybridized carbons (Fsp3) is 0. The van der Waals surface area contributed by atoms with Crippen molar-refractivity contribution in [3.8, 4) is 5.88 Å². The van der Waals surface area contributed by atoms with Crippen LogP contribution in [0.1, 0.15) is 11.1 Å². The van der Waals surface area contributed by atoms with E-state index in [1.54, 1.807) is 24.3 Å². The van der Waals surface area contributed by atoms with E-state index in [9.17, 15) is 5.11 Å². The van der Waals surface area contributed by atoms with Gasteiger partial charge in [-0.25, -0.2) is 0 Å². The van der Waals surface area contributed by atoms with E-state index in [-0.39, 0.29) is 11.6 Å². The molecule has 0 aliphatic heterocycles. The maximum Gasteiger partial charge on any atom is 0.199 e. The second kappa shape index (κ2) is 4.68. The first-order valence-corrected chi connectivity index (χ1v) is 6.80. The summed E-state index contributed by atoms with van der Waals surface area (Å²) in [4.78, 5) is 2.88. The third-order valence-corrected chi connectivity index (χ3v) is 3.66. The molecule has 0 amide bonds. The van der Waals surface area contributed by atoms with Gasteiger partial charge in [-0.2, -0.15) is 0 Å². The van der Waals surface area contributed by atoms with Crippen molar-refractivity contribution in [1.29, 1.82) is 5.41 Å². The Morgan fingerprint density at radius 1 is 1.20 bits per heavy atom. The van der Waals surface area contributed by atoms with Crippen molar-refractivity contribution in [2.24, 2.45) is 0 Å². The molecule has 0 aliphatic carbocycles. The van der Waals surface area contributed by atoms with Gasteiger partial charge >= 0.3 is 0 Å². The standard InChI is InChI=1S/C15H12BrN3O/c16-9-4-5-12-11(7-9)13(15(20)19-12)14(18)8-2-1-3-10(17)6-8/h1-7,18-20H,17H2. The second-order valence-electron chi connectivity index (χ2n) is 4.54. The van der Waals surface area contributed by atoms with Gasteiger partial charge in [0, 0.05) is 26.6 Å². The minimum absolute atomic E-state index is 0.00877. The summed E-state index contributed by atoms with van der Waals surface area (Å²) < 4.78 is 0.894. The van der Waals surface area contributed by atoms with E-state index < -0.39 is 0 Å². The Bertz CT molecular complexity index is 823. The van der Waals surface area contributed by atoms with Crippen molar-refractivity contribution in [1.82, 2.24) is 4.98 Å². The van der Waals surface area contributed by atoms with E-state index in [4.69, 9.17) is 11.1 Å². The highest BCUT2D eigenvalue weighted by atomic mass is 79.9. The first kappa shape index (κ1) is 12.7. The third-order valence-electron chi connectivity index (χ3n) is 3.17. The highest BCUT2D eigenvalue weighted by molar-refractivity contribution is 9.10. The lowest BCUT2D eigenvalue weighted by Gasteiger charge is -2.05. The first-order valence-electron chi connectivity index (χ1n) is 6.01. The van der Waals surface area contributed by atoms with Crippen LogP contribution in [-0.2, 0) is 0 Å². The van der Waals surface area contributed by atoms with E-state index in [2.05, 4.69) is 20.9 Å². The number of fused-ring (bicyclic) bond motifs is 1. The maximum absolute atomic E-state index is 10.1. The van der Waals surface area contributed by atoms with Crippen LogP contribution < -0.4 is 5.73 Å². The fourth-order valence-electron chi connectivity index (χ4n) is 2.24. The Balaban J connectivity index is 2.21. The average Bonchev–Trinajstić information content (AvgIpc) is 2.73. The van der Waals surface area contributed by atoms with Crippen LogP contribution in [0.2, 0.25) is 0 Å². The van der Waals surface area contributed by atoms with Crippen LogP contribution in [0.4, 0.5) is 5.69 Å². The number of rotatable bonds is 2. The van der Waals surface area contributed by atoms with Crippen LogP contribution in [-0.4, -0.2) is 15.8 Å². The number of aromatic nitrogens is 1. The summed E-state index contributed by atoms with van der Waals surface area (Å²) in [5, 5.41) is 19.2. The van der Waals surface area contributed by atoms with E-state index in [0.717, 1.165) is 15.4 Å². The molecule has 100 valence electrons. The SMILES string of the molecule is N=C(c1cccc(N)c1)c1c(O)[nH]c2ccc(Br)cc12. The maximum atomic E-state index is 10.1. The number of hydrogen-bond acceptors (Lipinski definition) is 3. The van der Waals surface area contributed by atoms with Gasteiger partial charge in [-0.1, -0.05) is 28.1 Å². The molecule has 0 spiro atoms. The molecule has 0 saturated carbocycles. The van der Waals surface area contributed by atoms with Gasteiger partial charge in [-0.05, 0) is 30.3 Å². The lowest BCUT2D eigenvalue weighted by atomic mass is 10.0. The zero-order chi connectivity index (χ0) is 14.3. The zero-order valence-corrected chi connectivity index (χ0v) is 12.0. The van der Waals surface area contributed by atoms with Gasteiger partial charge < -0.3 is 15.8 Å². The van der Waals surface area contributed by atoms with Gasteiger partial charge in [0.2, 0.25) is 0 Å². The minimum atomic E-state index is -0.00877. The number of halogens is 1. The minimum Gasteiger partial charge on any atom is -0.494 e. The molecule has 0 unspecified atom stereocenters. The number of nitrogens with two attached hydrogens (primary N) is 1. The highest BCUT2D eigenvalue weighted by Gasteiger charge is 2.17. The van der Waals surface area contributed by atoms with Gasteiger partial charge in [-0.3, -0.25) is 5.41 Å². The number of hydrogen-bond donors (Lipinski definition) is 4. The summed E-state index contributed by atoms with van der Waals surface area (Å²) >= 11 is 3.41. The largest absolute Gasteiger partial charge is 0.494 e. The Kier molecular flexibility index (Phi) is 2.99. The first-order chi connectivity index (χ1) is 9.56. The predicted octanol–water partition coefficient (Wildman–Crippen LogP) is 3.63. The third kappa shape index (κ3) is 2.06. The van der Waals surface area contributed by atoms with Crippen molar-refractivity contribution < 1.29 is 5.11 Å². The molecule has 3 rings (SSSR count). The molecular formula is C15H12BrN3O. The van der Waals surface area contributed by atoms with Gasteiger partial charge in [0.05, 0.1) is 11.3 Å². The lowest BCUT2D eigenvalue weighted by Crippen LogP contribution is -2.01. The van der Waals surface area contributed by atoms with E-state index in [1.165, 1.54) is 0 Å². The number of nitrogens with one attached hydrogen (secondary N) is 2. The molecule has 0 fully saturated rings. The van der Waals surface area contributed by atoms with Crippen LogP contribution in [0, 0.1) is 5.41 Å². The molecule has 4 nitrogen and oxygen atoms in total. The Morgan fingerprint density at radius 3 is 2.75 bits per heavy atom. The van der Waals surface area contributed by atoms with Crippen molar-refractivity contribution in [3.05, 3.63) is 58.1 Å². The molecule has 5 N–H and O–H groups in total. The van der Waals surface area contributed by atoms with Crippen LogP contribution >= 0.6 is 15.9 Å². The van der Waals surface area contributed by atoms with Gasteiger partial charge in [-0.15, -0.1) is 0 Å². The van der Waals surface area contributed by atoms with Gasteiger partial charge in [0.25, 0.3) is 0 Å². The average molecular weight is 330 g/mol. The van der Waals surface area contributed by atoms with Gasteiger partial charge in [0.15, 0.2) is 5.88 Å². The Labute approximate surface area is 123 Å². The molecule has 20 heavy (non-hydrogen) atoms. The summed E-state index contributed by atoms with van der Waals surface area (Å²) in [6.45, 7) is 0. The Morgan fingerprint density at radius 2 is 2.00 bits per heavy atom. The molecule has 1 aromatic heterocycles. The van der Waals surface area contributed by atoms with E-state index in [1.807, 2.05) is 18.2 Å². The summed E-state index contributed by atoms with van der Waals surface area (Å²) in [6, 6.07) is 12.7. The summed E-state index contributed by atoms with van der Waals surface area (Å²) in [5.74, 6) is -0.00877. The highest BCUT2D eigenvalue weighted by Crippen LogP contribution is 2.31. The molecular weight excluding hydrogens is 318 g/mol. The molecule has 0 saturated heterocycles. The van der Waals surface area contributed by atoms with Crippen molar-refractivity contribution in [2.75, 3.05) is 5.73 Å². The van der Waals surface area contributed by atoms with Gasteiger partial charge in [0.1, 0.15) is 0 Å². The Hall–Kier alpha value is -2.27. The molecule has 0 aliphatic rings. The van der Waals surface area contributed by atoms with E-state index >= 15 is 0 Å². The van der Waals surface area contributed by atoms with Crippen molar-refractivity contribution in [2.45, 2.75) is 0 Å². The molecule has 0 radical (unpaired) electrons. The zero-order valence-electron chi connectivity index (χ0n) is 10.4. The summed E-state index contributed by atoms with van der Waals surface area (Å²) in [7, 11) is 0. The number of anilines is 1. The lowest BCUT2D eigenvalue weighted by molar-refractivity contribution is 0.457. The summed E-state index contributed by atoms with van der Waals surface area (Å²) in [6.07, 6.45) is 0. The number of H-pyrrole nitrogens is 1. The molecule has 5 heteroatoms. The van der Waals surface area contributed by atoms with Crippen LogP contribution in [0.5, 0.6) is 5.88 Å². The number of benzene rings is 2. The molecule has 3 aromatic rings. The monoisotopic (exact) mass is 329 g/mol. The van der Waals surface area contributed by atoms with Crippen LogP contribution in [0.25, 0.3) is 10.9 Å². The van der Waals surface area contributed by atoms with Crippen LogP contribution in [0.15, 0.2) is 46.9 Å². The molecule has 0 atom stereocenters. The quantitative estimate of drug-likeness (QED) is 0.427. The predicted molar refractivity (Wildman–Crippen MR) is 84.4 cm³/mol. The van der Waals surface area contributed by atoms with E-state index in [0.29, 0.717) is 16.8 Å². The summed E-state index contributed by atoms with van der Waals surface area (Å²) in [5.41, 5.74) is 8.51. The fourth-order valence-corrected chi connectivity index (χ4v) is 2.60. The van der Waals surface area contributed by atoms with Crippen molar-refractivity contribution >= 4 is 38.2 Å². The molecule has 0 bridgehead atoms. The topological polar surface area (TPSA) is 85.9 Å². The van der Waals surface area contributed by atoms with Crippen molar-refractivity contribution in [3.63, 3.8) is 0 Å². The van der Waals surface area contributed by atoms with Crippen LogP contribution in [0.3, 0.4) is 0 Å². The number of aromatic amines is 1. The number of nitrogen functional groups attached to an aromatic ring is 1. The molecule has 1 heterocycles. The normalized spacial score (nSPS) is 10.8. The second-order valence-corrected chi connectivity index (χ2v) is 5.45.